The van der Waals surface area contributed by atoms with Gasteiger partial charge >= 0.3 is 0 Å². The summed E-state index contributed by atoms with van der Waals surface area (Å²) < 4.78 is 29.6. The Morgan fingerprint density at radius 3 is 2.52 bits per heavy atom. The first-order valence-electron chi connectivity index (χ1n) is 9.28. The number of sulfone groups is 1. The van der Waals surface area contributed by atoms with Crippen molar-refractivity contribution >= 4 is 9.84 Å². The van der Waals surface area contributed by atoms with Gasteiger partial charge in [-0.2, -0.15) is 0 Å². The molecule has 1 aliphatic rings. The summed E-state index contributed by atoms with van der Waals surface area (Å²) in [5.41, 5.74) is 2.13. The summed E-state index contributed by atoms with van der Waals surface area (Å²) in [4.78, 5) is 2.08. The standard InChI is InChI=1S/C21H27NO4S/c1-17-7-5-6-10-21(17)26-15-20(23)14-22(13-18-8-3-2-4-9-18)19-11-12-27(24,25)16-19/h2-10,19-20,23H,11-16H2,1H3. The molecule has 2 aromatic carbocycles. The lowest BCUT2D eigenvalue weighted by Crippen LogP contribution is -2.42. The van der Waals surface area contributed by atoms with Gasteiger partial charge in [0.1, 0.15) is 18.5 Å². The van der Waals surface area contributed by atoms with Gasteiger partial charge in [0.25, 0.3) is 0 Å². The van der Waals surface area contributed by atoms with Gasteiger partial charge in [0, 0.05) is 19.1 Å². The minimum absolute atomic E-state index is 0.0664. The Hall–Kier alpha value is -1.89. The lowest BCUT2D eigenvalue weighted by Gasteiger charge is -2.30. The molecule has 0 amide bonds. The Balaban J connectivity index is 1.64. The summed E-state index contributed by atoms with van der Waals surface area (Å²) in [6.07, 6.45) is -0.0859. The van der Waals surface area contributed by atoms with Gasteiger partial charge in [0.2, 0.25) is 0 Å². The van der Waals surface area contributed by atoms with E-state index in [1.165, 1.54) is 0 Å². The van der Waals surface area contributed by atoms with E-state index in [2.05, 4.69) is 4.90 Å². The number of para-hydroxylation sites is 1. The Morgan fingerprint density at radius 1 is 1.15 bits per heavy atom. The molecule has 2 atom stereocenters. The number of benzene rings is 2. The molecule has 2 unspecified atom stereocenters. The van der Waals surface area contributed by atoms with Crippen LogP contribution >= 0.6 is 0 Å². The maximum absolute atomic E-state index is 11.9. The first kappa shape index (κ1) is 19.9. The van der Waals surface area contributed by atoms with Gasteiger partial charge in [-0.05, 0) is 30.5 Å². The van der Waals surface area contributed by atoms with E-state index in [9.17, 15) is 13.5 Å². The topological polar surface area (TPSA) is 66.8 Å². The Kier molecular flexibility index (Phi) is 6.52. The van der Waals surface area contributed by atoms with Crippen LogP contribution in [0.1, 0.15) is 17.5 Å². The van der Waals surface area contributed by atoms with Crippen molar-refractivity contribution in [3.05, 3.63) is 65.7 Å². The van der Waals surface area contributed by atoms with Crippen LogP contribution in [0.5, 0.6) is 5.75 Å². The van der Waals surface area contributed by atoms with Crippen molar-refractivity contribution in [2.24, 2.45) is 0 Å². The van der Waals surface area contributed by atoms with Crippen LogP contribution in [0.2, 0.25) is 0 Å². The van der Waals surface area contributed by atoms with Crippen molar-refractivity contribution < 1.29 is 18.3 Å². The van der Waals surface area contributed by atoms with Gasteiger partial charge in [-0.1, -0.05) is 48.5 Å². The molecule has 2 aromatic rings. The van der Waals surface area contributed by atoms with Gasteiger partial charge in [-0.15, -0.1) is 0 Å². The van der Waals surface area contributed by atoms with E-state index in [1.54, 1.807) is 0 Å². The molecule has 1 N–H and O–H groups in total. The zero-order valence-electron chi connectivity index (χ0n) is 15.6. The van der Waals surface area contributed by atoms with Crippen LogP contribution < -0.4 is 4.74 Å². The van der Waals surface area contributed by atoms with Crippen molar-refractivity contribution in [2.75, 3.05) is 24.7 Å². The van der Waals surface area contributed by atoms with E-state index in [0.29, 0.717) is 19.5 Å². The molecule has 0 saturated carbocycles. The summed E-state index contributed by atoms with van der Waals surface area (Å²) in [5.74, 6) is 1.14. The van der Waals surface area contributed by atoms with Crippen molar-refractivity contribution in [3.63, 3.8) is 0 Å². The molecule has 1 aliphatic heterocycles. The highest BCUT2D eigenvalue weighted by Crippen LogP contribution is 2.21. The highest BCUT2D eigenvalue weighted by Gasteiger charge is 2.33. The molecule has 0 aromatic heterocycles. The highest BCUT2D eigenvalue weighted by atomic mass is 32.2. The number of aryl methyl sites for hydroxylation is 1. The molecular weight excluding hydrogens is 362 g/mol. The van der Waals surface area contributed by atoms with Crippen LogP contribution in [0.15, 0.2) is 54.6 Å². The maximum atomic E-state index is 11.9. The third-order valence-corrected chi connectivity index (χ3v) is 6.67. The third kappa shape index (κ3) is 5.79. The second kappa shape index (κ2) is 8.87. The third-order valence-electron chi connectivity index (χ3n) is 4.92. The van der Waals surface area contributed by atoms with Crippen LogP contribution in [0.4, 0.5) is 0 Å². The predicted octanol–water partition coefficient (Wildman–Crippen LogP) is 2.42. The Morgan fingerprint density at radius 2 is 1.85 bits per heavy atom. The average Bonchev–Trinajstić information content (AvgIpc) is 3.01. The maximum Gasteiger partial charge on any atom is 0.151 e. The summed E-state index contributed by atoms with van der Waals surface area (Å²) in [7, 11) is -2.98. The monoisotopic (exact) mass is 389 g/mol. The average molecular weight is 390 g/mol. The van der Waals surface area contributed by atoms with Crippen molar-refractivity contribution in [2.45, 2.75) is 32.0 Å². The lowest BCUT2D eigenvalue weighted by atomic mass is 10.1. The number of hydrogen-bond donors (Lipinski definition) is 1. The number of nitrogens with zero attached hydrogens (tertiary/aromatic N) is 1. The molecule has 0 bridgehead atoms. The molecular formula is C21H27NO4S. The molecule has 1 heterocycles. The minimum atomic E-state index is -2.98. The van der Waals surface area contributed by atoms with Gasteiger partial charge in [-0.25, -0.2) is 8.42 Å². The van der Waals surface area contributed by atoms with Crippen molar-refractivity contribution in [1.29, 1.82) is 0 Å². The van der Waals surface area contributed by atoms with Gasteiger partial charge in [0.05, 0.1) is 11.5 Å². The molecule has 0 aliphatic carbocycles. The van der Waals surface area contributed by atoms with Gasteiger partial charge < -0.3 is 9.84 Å². The first-order valence-corrected chi connectivity index (χ1v) is 11.1. The Bertz CT molecular complexity index is 838. The fraction of sp³-hybridized carbons (Fsp3) is 0.429. The number of aliphatic hydroxyl groups excluding tert-OH is 1. The van der Waals surface area contributed by atoms with Crippen LogP contribution in [-0.4, -0.2) is 55.2 Å². The number of aliphatic hydroxyl groups is 1. The van der Waals surface area contributed by atoms with E-state index in [-0.39, 0.29) is 24.2 Å². The molecule has 146 valence electrons. The van der Waals surface area contributed by atoms with E-state index < -0.39 is 15.9 Å². The fourth-order valence-corrected chi connectivity index (χ4v) is 5.21. The Labute approximate surface area is 161 Å². The molecule has 0 radical (unpaired) electrons. The molecule has 1 fully saturated rings. The summed E-state index contributed by atoms with van der Waals surface area (Å²) >= 11 is 0. The van der Waals surface area contributed by atoms with Crippen LogP contribution in [-0.2, 0) is 16.4 Å². The molecule has 6 heteroatoms. The second-order valence-corrected chi connectivity index (χ2v) is 9.43. The quantitative estimate of drug-likeness (QED) is 0.751. The predicted molar refractivity (Wildman–Crippen MR) is 107 cm³/mol. The van der Waals surface area contributed by atoms with Crippen LogP contribution in [0.3, 0.4) is 0 Å². The highest BCUT2D eigenvalue weighted by molar-refractivity contribution is 7.91. The normalized spacial score (nSPS) is 19.9. The number of ether oxygens (including phenoxy) is 1. The first-order chi connectivity index (χ1) is 12.9. The minimum Gasteiger partial charge on any atom is -0.491 e. The molecule has 0 spiro atoms. The van der Waals surface area contributed by atoms with Crippen molar-refractivity contribution in [3.8, 4) is 5.75 Å². The van der Waals surface area contributed by atoms with E-state index in [0.717, 1.165) is 16.9 Å². The van der Waals surface area contributed by atoms with Gasteiger partial charge in [-0.3, -0.25) is 4.90 Å². The second-order valence-electron chi connectivity index (χ2n) is 7.20. The van der Waals surface area contributed by atoms with Crippen molar-refractivity contribution in [1.82, 2.24) is 4.90 Å². The fourth-order valence-electron chi connectivity index (χ4n) is 3.45. The SMILES string of the molecule is Cc1ccccc1OCC(O)CN(Cc1ccccc1)C1CCS(=O)(=O)C1. The van der Waals surface area contributed by atoms with Crippen LogP contribution in [0, 0.1) is 6.92 Å². The lowest BCUT2D eigenvalue weighted by molar-refractivity contribution is 0.0523. The van der Waals surface area contributed by atoms with E-state index in [4.69, 9.17) is 4.74 Å². The number of rotatable bonds is 8. The van der Waals surface area contributed by atoms with Crippen LogP contribution in [0.25, 0.3) is 0 Å². The molecule has 27 heavy (non-hydrogen) atoms. The molecule has 5 nitrogen and oxygen atoms in total. The van der Waals surface area contributed by atoms with E-state index >= 15 is 0 Å². The van der Waals surface area contributed by atoms with Gasteiger partial charge in [0.15, 0.2) is 9.84 Å². The van der Waals surface area contributed by atoms with E-state index in [1.807, 2.05) is 61.5 Å². The molecule has 3 rings (SSSR count). The summed E-state index contributed by atoms with van der Waals surface area (Å²) in [6.45, 7) is 3.13. The summed E-state index contributed by atoms with van der Waals surface area (Å²) in [5, 5.41) is 10.5. The zero-order valence-corrected chi connectivity index (χ0v) is 16.4. The molecule has 1 saturated heterocycles. The largest absolute Gasteiger partial charge is 0.491 e. The summed E-state index contributed by atoms with van der Waals surface area (Å²) in [6, 6.07) is 17.6. The smallest absolute Gasteiger partial charge is 0.151 e. The number of hydrogen-bond acceptors (Lipinski definition) is 5. The zero-order chi connectivity index (χ0) is 19.3.